The summed E-state index contributed by atoms with van der Waals surface area (Å²) in [5.74, 6) is 0.270. The molecule has 0 bridgehead atoms. The zero-order chi connectivity index (χ0) is 16.4. The van der Waals surface area contributed by atoms with Crippen LogP contribution in [0.1, 0.15) is 13.8 Å². The lowest BCUT2D eigenvalue weighted by Crippen LogP contribution is -2.50. The van der Waals surface area contributed by atoms with Gasteiger partial charge in [-0.05, 0) is 18.2 Å². The molecule has 0 saturated carbocycles. The van der Waals surface area contributed by atoms with E-state index in [4.69, 9.17) is 11.6 Å². The van der Waals surface area contributed by atoms with Gasteiger partial charge in [0, 0.05) is 37.8 Å². The van der Waals surface area contributed by atoms with Gasteiger partial charge in [-0.15, -0.1) is 10.2 Å². The van der Waals surface area contributed by atoms with E-state index >= 15 is 0 Å². The average Bonchev–Trinajstić information content (AvgIpc) is 3.08. The molecule has 1 aromatic heterocycles. The number of hydrogen-bond acceptors (Lipinski definition) is 4. The summed E-state index contributed by atoms with van der Waals surface area (Å²) in [5, 5.41) is 8.30. The highest BCUT2D eigenvalue weighted by molar-refractivity contribution is 6.33. The van der Waals surface area contributed by atoms with E-state index in [1.54, 1.807) is 12.7 Å². The number of carbonyl (C=O) groups excluding carboxylic acids is 1. The molecular formula is C16H20ClN5O. The molecule has 2 heterocycles. The normalized spacial score (nSPS) is 15.3. The summed E-state index contributed by atoms with van der Waals surface area (Å²) in [6, 6.07) is 5.92. The van der Waals surface area contributed by atoms with Crippen LogP contribution in [-0.2, 0) is 4.79 Å². The number of anilines is 1. The molecule has 23 heavy (non-hydrogen) atoms. The zero-order valence-corrected chi connectivity index (χ0v) is 14.1. The second-order valence-electron chi connectivity index (χ2n) is 5.97. The minimum absolute atomic E-state index is 0.0493. The SMILES string of the molecule is CC(C)C(=O)N1CCN(c2ccc(-n3cnnc3)cc2Cl)CC1. The number of benzene rings is 1. The van der Waals surface area contributed by atoms with E-state index in [0.717, 1.165) is 37.6 Å². The first kappa shape index (κ1) is 15.8. The fourth-order valence-corrected chi connectivity index (χ4v) is 3.07. The van der Waals surface area contributed by atoms with E-state index in [2.05, 4.69) is 15.1 Å². The fourth-order valence-electron chi connectivity index (χ4n) is 2.78. The molecule has 2 aromatic rings. The Morgan fingerprint density at radius 1 is 1.13 bits per heavy atom. The highest BCUT2D eigenvalue weighted by Gasteiger charge is 2.23. The molecule has 0 atom stereocenters. The molecule has 3 rings (SSSR count). The first-order valence-electron chi connectivity index (χ1n) is 7.74. The van der Waals surface area contributed by atoms with E-state index in [1.165, 1.54) is 0 Å². The predicted molar refractivity (Wildman–Crippen MR) is 90.0 cm³/mol. The first-order chi connectivity index (χ1) is 11.1. The molecule has 1 aliphatic heterocycles. The number of amides is 1. The van der Waals surface area contributed by atoms with E-state index in [0.29, 0.717) is 5.02 Å². The summed E-state index contributed by atoms with van der Waals surface area (Å²) in [6.07, 6.45) is 3.28. The first-order valence-corrected chi connectivity index (χ1v) is 8.12. The van der Waals surface area contributed by atoms with E-state index in [-0.39, 0.29) is 11.8 Å². The fraction of sp³-hybridized carbons (Fsp3) is 0.438. The van der Waals surface area contributed by atoms with Crippen molar-refractivity contribution in [3.05, 3.63) is 35.9 Å². The van der Waals surface area contributed by atoms with Gasteiger partial charge in [-0.25, -0.2) is 0 Å². The van der Waals surface area contributed by atoms with Gasteiger partial charge in [-0.2, -0.15) is 0 Å². The standard InChI is InChI=1S/C16H20ClN5O/c1-12(2)16(23)21-7-5-20(6-8-21)15-4-3-13(9-14(15)17)22-10-18-19-11-22/h3-4,9-12H,5-8H2,1-2H3. The van der Waals surface area contributed by atoms with Crippen molar-refractivity contribution >= 4 is 23.2 Å². The Balaban J connectivity index is 1.70. The molecule has 122 valence electrons. The minimum atomic E-state index is 0.0493. The number of piperazine rings is 1. The molecular weight excluding hydrogens is 314 g/mol. The lowest BCUT2D eigenvalue weighted by Gasteiger charge is -2.37. The number of rotatable bonds is 3. The Morgan fingerprint density at radius 3 is 2.35 bits per heavy atom. The van der Waals surface area contributed by atoms with Crippen LogP contribution in [0.25, 0.3) is 5.69 Å². The summed E-state index contributed by atoms with van der Waals surface area (Å²) >= 11 is 6.45. The number of nitrogens with zero attached hydrogens (tertiary/aromatic N) is 5. The van der Waals surface area contributed by atoms with Crippen LogP contribution in [0.5, 0.6) is 0 Å². The molecule has 7 heteroatoms. The Bertz CT molecular complexity index is 678. The predicted octanol–water partition coefficient (Wildman–Crippen LogP) is 2.23. The summed E-state index contributed by atoms with van der Waals surface area (Å²) in [6.45, 7) is 6.94. The Hall–Kier alpha value is -2.08. The molecule has 1 saturated heterocycles. The lowest BCUT2D eigenvalue weighted by atomic mass is 10.1. The Kier molecular flexibility index (Phi) is 4.52. The van der Waals surface area contributed by atoms with Gasteiger partial charge in [-0.3, -0.25) is 9.36 Å². The third-order valence-corrected chi connectivity index (χ3v) is 4.38. The van der Waals surface area contributed by atoms with Crippen molar-refractivity contribution in [2.45, 2.75) is 13.8 Å². The van der Waals surface area contributed by atoms with Crippen molar-refractivity contribution in [3.63, 3.8) is 0 Å². The highest BCUT2D eigenvalue weighted by Crippen LogP contribution is 2.29. The van der Waals surface area contributed by atoms with Crippen LogP contribution in [0.15, 0.2) is 30.9 Å². The number of halogens is 1. The molecule has 0 unspecified atom stereocenters. The topological polar surface area (TPSA) is 54.3 Å². The number of hydrogen-bond donors (Lipinski definition) is 0. The molecule has 1 fully saturated rings. The molecule has 0 radical (unpaired) electrons. The summed E-state index contributed by atoms with van der Waals surface area (Å²) in [7, 11) is 0. The largest absolute Gasteiger partial charge is 0.367 e. The summed E-state index contributed by atoms with van der Waals surface area (Å²) in [4.78, 5) is 16.2. The maximum atomic E-state index is 12.1. The number of aromatic nitrogens is 3. The molecule has 6 nitrogen and oxygen atoms in total. The summed E-state index contributed by atoms with van der Waals surface area (Å²) in [5.41, 5.74) is 1.93. The van der Waals surface area contributed by atoms with Gasteiger partial charge in [0.25, 0.3) is 0 Å². The molecule has 0 aliphatic carbocycles. The van der Waals surface area contributed by atoms with Gasteiger partial charge in [0.15, 0.2) is 0 Å². The van der Waals surface area contributed by atoms with Crippen molar-refractivity contribution < 1.29 is 4.79 Å². The van der Waals surface area contributed by atoms with E-state index < -0.39 is 0 Å². The van der Waals surface area contributed by atoms with Gasteiger partial charge in [0.1, 0.15) is 12.7 Å². The second kappa shape index (κ2) is 6.58. The van der Waals surface area contributed by atoms with Crippen LogP contribution in [0, 0.1) is 5.92 Å². The summed E-state index contributed by atoms with van der Waals surface area (Å²) < 4.78 is 1.81. The molecule has 1 aliphatic rings. The quantitative estimate of drug-likeness (QED) is 0.864. The third kappa shape index (κ3) is 3.32. The zero-order valence-electron chi connectivity index (χ0n) is 13.3. The Morgan fingerprint density at radius 2 is 1.78 bits per heavy atom. The van der Waals surface area contributed by atoms with Gasteiger partial charge >= 0.3 is 0 Å². The van der Waals surface area contributed by atoms with Crippen LogP contribution < -0.4 is 4.90 Å². The Labute approximate surface area is 140 Å². The van der Waals surface area contributed by atoms with Crippen LogP contribution in [0.2, 0.25) is 5.02 Å². The second-order valence-corrected chi connectivity index (χ2v) is 6.38. The van der Waals surface area contributed by atoms with Crippen molar-refractivity contribution in [2.75, 3.05) is 31.1 Å². The van der Waals surface area contributed by atoms with Crippen molar-refractivity contribution in [1.82, 2.24) is 19.7 Å². The highest BCUT2D eigenvalue weighted by atomic mass is 35.5. The van der Waals surface area contributed by atoms with E-state index in [1.807, 2.05) is 41.5 Å². The van der Waals surface area contributed by atoms with Crippen molar-refractivity contribution in [1.29, 1.82) is 0 Å². The van der Waals surface area contributed by atoms with Crippen molar-refractivity contribution in [3.8, 4) is 5.69 Å². The maximum absolute atomic E-state index is 12.1. The van der Waals surface area contributed by atoms with Gasteiger partial charge < -0.3 is 9.80 Å². The van der Waals surface area contributed by atoms with Crippen LogP contribution in [-0.4, -0.2) is 51.8 Å². The monoisotopic (exact) mass is 333 g/mol. The minimum Gasteiger partial charge on any atom is -0.367 e. The smallest absolute Gasteiger partial charge is 0.225 e. The average molecular weight is 334 g/mol. The van der Waals surface area contributed by atoms with Crippen LogP contribution >= 0.6 is 11.6 Å². The number of carbonyl (C=O) groups is 1. The van der Waals surface area contributed by atoms with Crippen LogP contribution in [0.4, 0.5) is 5.69 Å². The molecule has 0 N–H and O–H groups in total. The maximum Gasteiger partial charge on any atom is 0.225 e. The van der Waals surface area contributed by atoms with E-state index in [9.17, 15) is 4.79 Å². The van der Waals surface area contributed by atoms with Crippen LogP contribution in [0.3, 0.4) is 0 Å². The molecule has 1 aromatic carbocycles. The lowest BCUT2D eigenvalue weighted by molar-refractivity contribution is -0.134. The molecule has 0 spiro atoms. The van der Waals surface area contributed by atoms with Gasteiger partial charge in [-0.1, -0.05) is 25.4 Å². The van der Waals surface area contributed by atoms with Crippen molar-refractivity contribution in [2.24, 2.45) is 5.92 Å². The molecule has 1 amide bonds. The van der Waals surface area contributed by atoms with Gasteiger partial charge in [0.05, 0.1) is 10.7 Å². The third-order valence-electron chi connectivity index (χ3n) is 4.07. The van der Waals surface area contributed by atoms with Gasteiger partial charge in [0.2, 0.25) is 5.91 Å².